The Morgan fingerprint density at radius 1 is 1.12 bits per heavy atom. The maximum absolute atomic E-state index is 13.3. The molecule has 1 aromatic rings. The Kier molecular flexibility index (Phi) is 11.2. The number of ether oxygens (including phenoxy) is 1. The van der Waals surface area contributed by atoms with E-state index in [1.165, 1.54) is 25.1 Å². The fourth-order valence-electron chi connectivity index (χ4n) is 3.96. The minimum absolute atomic E-state index is 0.0461. The Balaban J connectivity index is 2.65. The molecule has 2 atom stereocenters. The number of alkyl carbamates (subject to hydrolysis) is 1. The number of hydrazine groups is 1. The van der Waals surface area contributed by atoms with Crippen LogP contribution in [0, 0.1) is 5.92 Å². The molecule has 0 fully saturated rings. The summed E-state index contributed by atoms with van der Waals surface area (Å²) >= 11 is 0. The van der Waals surface area contributed by atoms with Crippen molar-refractivity contribution in [2.24, 2.45) is 5.92 Å². The van der Waals surface area contributed by atoms with Crippen molar-refractivity contribution < 1.29 is 52.7 Å². The SMILES string of the molecule is CCCCC(=O)N(c1cccc(C[C@@H](CC(C)C(=O)O)NC(=O)OC(C)(C)C)c1OP(=O)(O)O)N1C(=O)C=CC1=O. The van der Waals surface area contributed by atoms with Gasteiger partial charge in [-0.2, -0.15) is 5.01 Å². The highest BCUT2D eigenvalue weighted by Gasteiger charge is 2.37. The normalized spacial score (nSPS) is 15.0. The zero-order valence-electron chi connectivity index (χ0n) is 23.5. The van der Waals surface area contributed by atoms with Gasteiger partial charge in [0, 0.05) is 24.6 Å². The number of amides is 4. The number of carboxylic acid groups (broad SMARTS) is 1. The zero-order chi connectivity index (χ0) is 31.1. The lowest BCUT2D eigenvalue weighted by Gasteiger charge is -2.32. The van der Waals surface area contributed by atoms with Crippen LogP contribution in [0.5, 0.6) is 5.75 Å². The second kappa shape index (κ2) is 13.7. The summed E-state index contributed by atoms with van der Waals surface area (Å²) in [4.78, 5) is 82.0. The third-order valence-corrected chi connectivity index (χ3v) is 6.15. The third-order valence-electron chi connectivity index (χ3n) is 5.73. The summed E-state index contributed by atoms with van der Waals surface area (Å²) in [5, 5.41) is 13.3. The summed E-state index contributed by atoms with van der Waals surface area (Å²) in [5.74, 6) is -5.04. The predicted molar refractivity (Wildman–Crippen MR) is 145 cm³/mol. The van der Waals surface area contributed by atoms with Gasteiger partial charge in [0.2, 0.25) is 5.91 Å². The van der Waals surface area contributed by atoms with Crippen LogP contribution in [0.1, 0.15) is 65.9 Å². The molecule has 0 aliphatic carbocycles. The summed E-state index contributed by atoms with van der Waals surface area (Å²) in [6, 6.07) is 3.10. The lowest BCUT2D eigenvalue weighted by Crippen LogP contribution is -2.50. The summed E-state index contributed by atoms with van der Waals surface area (Å²) in [7, 11) is -5.28. The average Bonchev–Trinajstić information content (AvgIpc) is 3.15. The van der Waals surface area contributed by atoms with Crippen molar-refractivity contribution in [3.8, 4) is 5.75 Å². The molecule has 4 N–H and O–H groups in total. The molecule has 1 aromatic carbocycles. The molecule has 1 heterocycles. The Morgan fingerprint density at radius 3 is 2.24 bits per heavy atom. The van der Waals surface area contributed by atoms with Gasteiger partial charge in [0.1, 0.15) is 11.3 Å². The first-order chi connectivity index (χ1) is 18.9. The molecule has 2 rings (SSSR count). The summed E-state index contributed by atoms with van der Waals surface area (Å²) < 4.78 is 22.3. The van der Waals surface area contributed by atoms with Crippen molar-refractivity contribution >= 4 is 43.3 Å². The third kappa shape index (κ3) is 9.99. The molecule has 0 saturated carbocycles. The molecule has 1 aliphatic heterocycles. The molecule has 1 unspecified atom stereocenters. The lowest BCUT2D eigenvalue weighted by molar-refractivity contribution is -0.142. The number of imide groups is 1. The smallest absolute Gasteiger partial charge is 0.481 e. The molecule has 0 bridgehead atoms. The first kappa shape index (κ1) is 33.5. The van der Waals surface area contributed by atoms with Crippen molar-refractivity contribution in [1.29, 1.82) is 0 Å². The highest BCUT2D eigenvalue weighted by Crippen LogP contribution is 2.45. The van der Waals surface area contributed by atoms with E-state index in [0.29, 0.717) is 22.9 Å². The predicted octanol–water partition coefficient (Wildman–Crippen LogP) is 3.07. The van der Waals surface area contributed by atoms with E-state index in [9.17, 15) is 43.4 Å². The van der Waals surface area contributed by atoms with Crippen molar-refractivity contribution in [3.63, 3.8) is 0 Å². The number of hydrogen-bond donors (Lipinski definition) is 4. The van der Waals surface area contributed by atoms with E-state index in [-0.39, 0.29) is 30.5 Å². The van der Waals surface area contributed by atoms with E-state index < -0.39 is 60.9 Å². The van der Waals surface area contributed by atoms with Crippen LogP contribution >= 0.6 is 7.82 Å². The number of carbonyl (C=O) groups is 5. The molecule has 0 aromatic heterocycles. The van der Waals surface area contributed by atoms with Crippen LogP contribution in [0.4, 0.5) is 10.5 Å². The standard InChI is InChI=1S/C26H36N3O11P/c1-6-7-11-20(30)28(29-21(31)12-13-22(29)32)19-10-8-9-17(23(19)40-41(36,37)38)15-18(14-16(2)24(33)34)27-25(35)39-26(3,4)5/h8-10,12-13,16,18H,6-7,11,14-15H2,1-5H3,(H,27,35)(H,33,34)(H2,36,37,38)/t16?,18-/m1/s1. The lowest BCUT2D eigenvalue weighted by atomic mass is 9.95. The number of phosphoric acid groups is 1. The van der Waals surface area contributed by atoms with Gasteiger partial charge in [0.15, 0.2) is 5.75 Å². The molecule has 0 saturated heterocycles. The number of benzene rings is 1. The molecule has 0 spiro atoms. The van der Waals surface area contributed by atoms with E-state index in [1.807, 2.05) is 6.92 Å². The molecule has 41 heavy (non-hydrogen) atoms. The quantitative estimate of drug-likeness (QED) is 0.192. The van der Waals surface area contributed by atoms with E-state index in [1.54, 1.807) is 20.8 Å². The van der Waals surface area contributed by atoms with E-state index in [2.05, 4.69) is 5.32 Å². The van der Waals surface area contributed by atoms with Crippen molar-refractivity contribution in [2.75, 3.05) is 5.01 Å². The fourth-order valence-corrected chi connectivity index (χ4v) is 4.41. The van der Waals surface area contributed by atoms with Gasteiger partial charge in [-0.15, -0.1) is 0 Å². The molecule has 226 valence electrons. The maximum atomic E-state index is 13.3. The van der Waals surface area contributed by atoms with Gasteiger partial charge in [-0.1, -0.05) is 32.4 Å². The number of unbranched alkanes of at least 4 members (excludes halogenated alkanes) is 1. The molecular weight excluding hydrogens is 561 g/mol. The second-order valence-electron chi connectivity index (χ2n) is 10.5. The summed E-state index contributed by atoms with van der Waals surface area (Å²) in [6.07, 6.45) is 1.59. The molecule has 14 nitrogen and oxygen atoms in total. The number of rotatable bonds is 13. The Hall–Kier alpha value is -3.74. The van der Waals surface area contributed by atoms with Crippen LogP contribution in [0.3, 0.4) is 0 Å². The van der Waals surface area contributed by atoms with Crippen molar-refractivity contribution in [1.82, 2.24) is 10.3 Å². The number of carbonyl (C=O) groups excluding carboxylic acids is 4. The topological polar surface area (TPSA) is 200 Å². The number of anilines is 1. The monoisotopic (exact) mass is 597 g/mol. The number of hydrogen-bond acceptors (Lipinski definition) is 8. The Labute approximate surface area is 237 Å². The average molecular weight is 598 g/mol. The number of aliphatic carboxylic acids is 1. The van der Waals surface area contributed by atoms with Crippen LogP contribution in [-0.2, 0) is 34.9 Å². The summed E-state index contributed by atoms with van der Waals surface area (Å²) in [6.45, 7) is 8.15. The molecular formula is C26H36N3O11P. The highest BCUT2D eigenvalue weighted by atomic mass is 31.2. The Bertz CT molecular complexity index is 1230. The van der Waals surface area contributed by atoms with E-state index >= 15 is 0 Å². The van der Waals surface area contributed by atoms with Gasteiger partial charge in [-0.3, -0.25) is 29.0 Å². The Morgan fingerprint density at radius 2 is 1.73 bits per heavy atom. The number of phosphoric ester groups is 1. The zero-order valence-corrected chi connectivity index (χ0v) is 24.4. The van der Waals surface area contributed by atoms with Crippen molar-refractivity contribution in [2.45, 2.75) is 78.4 Å². The number of nitrogens with zero attached hydrogens (tertiary/aromatic N) is 2. The van der Waals surface area contributed by atoms with Crippen LogP contribution in [0.25, 0.3) is 0 Å². The number of carboxylic acids is 1. The number of nitrogens with one attached hydrogen (secondary N) is 1. The van der Waals surface area contributed by atoms with Gasteiger partial charge in [-0.05, 0) is 51.7 Å². The minimum Gasteiger partial charge on any atom is -0.481 e. The molecule has 4 amide bonds. The van der Waals surface area contributed by atoms with E-state index in [4.69, 9.17) is 9.26 Å². The summed E-state index contributed by atoms with van der Waals surface area (Å²) in [5.41, 5.74) is -1.13. The first-order valence-electron chi connectivity index (χ1n) is 12.9. The van der Waals surface area contributed by atoms with Gasteiger partial charge in [0.25, 0.3) is 11.8 Å². The van der Waals surface area contributed by atoms with Gasteiger partial charge in [0.05, 0.1) is 5.92 Å². The number of para-hydroxylation sites is 1. The van der Waals surface area contributed by atoms with Crippen molar-refractivity contribution in [3.05, 3.63) is 35.9 Å². The molecule has 15 heteroatoms. The van der Waals surface area contributed by atoms with Gasteiger partial charge < -0.3 is 19.7 Å². The first-order valence-corrected chi connectivity index (χ1v) is 14.4. The van der Waals surface area contributed by atoms with Crippen LogP contribution in [0.15, 0.2) is 30.4 Å². The molecule has 1 aliphatic rings. The minimum atomic E-state index is -5.28. The van der Waals surface area contributed by atoms with E-state index in [0.717, 1.165) is 12.2 Å². The van der Waals surface area contributed by atoms with Crippen LogP contribution in [0.2, 0.25) is 0 Å². The maximum Gasteiger partial charge on any atom is 0.524 e. The van der Waals surface area contributed by atoms with Crippen LogP contribution in [-0.4, -0.2) is 61.3 Å². The second-order valence-corrected chi connectivity index (χ2v) is 11.7. The van der Waals surface area contributed by atoms with Gasteiger partial charge in [-0.25, -0.2) is 14.4 Å². The molecule has 0 radical (unpaired) electrons. The fraction of sp³-hybridized carbons (Fsp3) is 0.500. The van der Waals surface area contributed by atoms with Crippen LogP contribution < -0.4 is 14.8 Å². The highest BCUT2D eigenvalue weighted by molar-refractivity contribution is 7.46. The largest absolute Gasteiger partial charge is 0.524 e. The van der Waals surface area contributed by atoms with Gasteiger partial charge >= 0.3 is 19.9 Å².